The molecule has 1 aliphatic heterocycles. The van der Waals surface area contributed by atoms with E-state index in [9.17, 15) is 18.4 Å². The van der Waals surface area contributed by atoms with Gasteiger partial charge in [-0.3, -0.25) is 9.59 Å². The quantitative estimate of drug-likeness (QED) is 0.543. The van der Waals surface area contributed by atoms with E-state index in [2.05, 4.69) is 10.1 Å². The van der Waals surface area contributed by atoms with Gasteiger partial charge >= 0.3 is 0 Å². The van der Waals surface area contributed by atoms with Crippen molar-refractivity contribution < 1.29 is 22.8 Å². The molecule has 0 N–H and O–H groups in total. The van der Waals surface area contributed by atoms with Gasteiger partial charge in [-0.2, -0.15) is 10.1 Å². The van der Waals surface area contributed by atoms with Gasteiger partial charge in [-0.15, -0.1) is 0 Å². The summed E-state index contributed by atoms with van der Waals surface area (Å²) >= 11 is 0. The fourth-order valence-electron chi connectivity index (χ4n) is 3.52. The minimum Gasteiger partial charge on any atom is -0.445 e. The molecule has 2 aromatic carbocycles. The zero-order chi connectivity index (χ0) is 22.2. The number of amides is 1. The molecule has 1 amide bonds. The lowest BCUT2D eigenvalue weighted by molar-refractivity contribution is -0.128. The van der Waals surface area contributed by atoms with E-state index in [1.807, 2.05) is 0 Å². The summed E-state index contributed by atoms with van der Waals surface area (Å²) in [5.41, 5.74) is 1.74. The SMILES string of the molecule is CC1=NN(c2cccc(-c3ncco3)c2)C(=O)C1C(=O)Cc1cccc(C(C)(F)F)c1. The Morgan fingerprint density at radius 3 is 2.68 bits per heavy atom. The van der Waals surface area contributed by atoms with Crippen LogP contribution in [0.3, 0.4) is 0 Å². The number of rotatable bonds is 6. The molecular weight excluding hydrogens is 404 g/mol. The van der Waals surface area contributed by atoms with Crippen LogP contribution in [-0.4, -0.2) is 22.4 Å². The minimum absolute atomic E-state index is 0.141. The van der Waals surface area contributed by atoms with Gasteiger partial charge in [0.25, 0.3) is 11.8 Å². The zero-order valence-electron chi connectivity index (χ0n) is 16.9. The highest BCUT2D eigenvalue weighted by atomic mass is 19.3. The monoisotopic (exact) mass is 423 g/mol. The third-order valence-corrected chi connectivity index (χ3v) is 5.04. The lowest BCUT2D eigenvalue weighted by Gasteiger charge is -2.15. The minimum atomic E-state index is -3.01. The predicted molar refractivity (Wildman–Crippen MR) is 111 cm³/mol. The van der Waals surface area contributed by atoms with Crippen molar-refractivity contribution in [1.82, 2.24) is 4.98 Å². The first-order valence-corrected chi connectivity index (χ1v) is 9.63. The Labute approximate surface area is 177 Å². The van der Waals surface area contributed by atoms with Crippen LogP contribution in [0, 0.1) is 5.92 Å². The summed E-state index contributed by atoms with van der Waals surface area (Å²) in [5.74, 6) is -4.55. The van der Waals surface area contributed by atoms with E-state index in [1.54, 1.807) is 37.3 Å². The molecule has 1 aliphatic rings. The Kier molecular flexibility index (Phi) is 5.22. The van der Waals surface area contributed by atoms with E-state index in [-0.39, 0.29) is 12.0 Å². The van der Waals surface area contributed by atoms with Crippen LogP contribution in [0.1, 0.15) is 25.0 Å². The summed E-state index contributed by atoms with van der Waals surface area (Å²) in [6, 6.07) is 12.6. The molecule has 0 aliphatic carbocycles. The van der Waals surface area contributed by atoms with E-state index in [1.165, 1.54) is 35.7 Å². The van der Waals surface area contributed by atoms with E-state index >= 15 is 0 Å². The number of alkyl halides is 2. The number of carbonyl (C=O) groups is 2. The van der Waals surface area contributed by atoms with E-state index in [0.717, 1.165) is 6.92 Å². The highest BCUT2D eigenvalue weighted by molar-refractivity contribution is 6.27. The molecule has 31 heavy (non-hydrogen) atoms. The Morgan fingerprint density at radius 2 is 1.97 bits per heavy atom. The average molecular weight is 423 g/mol. The average Bonchev–Trinajstić information content (AvgIpc) is 3.36. The molecule has 4 rings (SSSR count). The second-order valence-corrected chi connectivity index (χ2v) is 7.44. The molecular formula is C23H19F2N3O3. The number of Topliss-reactive ketones (excluding diaryl/α,β-unsaturated/α-hetero) is 1. The van der Waals surface area contributed by atoms with E-state index in [0.29, 0.717) is 28.4 Å². The normalized spacial score (nSPS) is 16.5. The summed E-state index contributed by atoms with van der Waals surface area (Å²) < 4.78 is 32.5. The van der Waals surface area contributed by atoms with Gasteiger partial charge in [0.05, 0.1) is 17.6 Å². The highest BCUT2D eigenvalue weighted by Gasteiger charge is 2.39. The van der Waals surface area contributed by atoms with Gasteiger partial charge in [0, 0.05) is 24.5 Å². The smallest absolute Gasteiger partial charge is 0.270 e. The molecule has 0 saturated carbocycles. The van der Waals surface area contributed by atoms with Gasteiger partial charge < -0.3 is 4.42 Å². The lowest BCUT2D eigenvalue weighted by atomic mass is 9.93. The first-order valence-electron chi connectivity index (χ1n) is 9.63. The van der Waals surface area contributed by atoms with Gasteiger partial charge in [0.2, 0.25) is 5.89 Å². The first kappa shape index (κ1) is 20.6. The van der Waals surface area contributed by atoms with Crippen molar-refractivity contribution in [2.45, 2.75) is 26.2 Å². The number of hydrazone groups is 1. The Bertz CT molecular complexity index is 1170. The fraction of sp³-hybridized carbons (Fsp3) is 0.217. The Hall–Kier alpha value is -3.68. The van der Waals surface area contributed by atoms with Gasteiger partial charge in [-0.25, -0.2) is 13.8 Å². The highest BCUT2D eigenvalue weighted by Crippen LogP contribution is 2.30. The van der Waals surface area contributed by atoms with Crippen LogP contribution in [0.5, 0.6) is 0 Å². The summed E-state index contributed by atoms with van der Waals surface area (Å²) in [4.78, 5) is 30.0. The summed E-state index contributed by atoms with van der Waals surface area (Å²) in [7, 11) is 0. The third-order valence-electron chi connectivity index (χ3n) is 5.04. The molecule has 0 bridgehead atoms. The maximum Gasteiger partial charge on any atom is 0.270 e. The van der Waals surface area contributed by atoms with Crippen molar-refractivity contribution >= 4 is 23.1 Å². The first-order chi connectivity index (χ1) is 14.7. The van der Waals surface area contributed by atoms with Crippen LogP contribution < -0.4 is 5.01 Å². The van der Waals surface area contributed by atoms with Crippen molar-refractivity contribution in [2.75, 3.05) is 5.01 Å². The van der Waals surface area contributed by atoms with Crippen LogP contribution in [0.25, 0.3) is 11.5 Å². The summed E-state index contributed by atoms with van der Waals surface area (Å²) in [6.45, 7) is 2.41. The van der Waals surface area contributed by atoms with Crippen molar-refractivity contribution in [3.63, 3.8) is 0 Å². The molecule has 0 radical (unpaired) electrons. The molecule has 0 saturated heterocycles. The maximum absolute atomic E-state index is 13.6. The van der Waals surface area contributed by atoms with Crippen molar-refractivity contribution in [1.29, 1.82) is 0 Å². The number of hydrogen-bond acceptors (Lipinski definition) is 5. The standard InChI is InChI=1S/C23H19F2N3O3/c1-14-20(19(29)12-15-5-3-7-17(11-15)23(2,24)25)22(30)28(27-14)18-8-4-6-16(13-18)21-26-9-10-31-21/h3-11,13,20H,12H2,1-2H3. The molecule has 1 aromatic heterocycles. The molecule has 1 atom stereocenters. The Morgan fingerprint density at radius 1 is 1.19 bits per heavy atom. The Balaban J connectivity index is 1.54. The van der Waals surface area contributed by atoms with Crippen molar-refractivity contribution in [3.8, 4) is 11.5 Å². The molecule has 0 spiro atoms. The van der Waals surface area contributed by atoms with Gasteiger partial charge in [0.15, 0.2) is 5.78 Å². The molecule has 2 heterocycles. The second-order valence-electron chi connectivity index (χ2n) is 7.44. The van der Waals surface area contributed by atoms with Gasteiger partial charge in [-0.05, 0) is 36.8 Å². The fourth-order valence-corrected chi connectivity index (χ4v) is 3.52. The number of halogens is 2. The number of hydrogen-bond donors (Lipinski definition) is 0. The maximum atomic E-state index is 13.6. The zero-order valence-corrected chi connectivity index (χ0v) is 16.9. The van der Waals surface area contributed by atoms with E-state index in [4.69, 9.17) is 4.42 Å². The molecule has 1 unspecified atom stereocenters. The van der Waals surface area contributed by atoms with Crippen molar-refractivity contribution in [2.24, 2.45) is 11.0 Å². The molecule has 0 fully saturated rings. The molecule has 3 aromatic rings. The molecule has 6 nitrogen and oxygen atoms in total. The summed E-state index contributed by atoms with van der Waals surface area (Å²) in [6.07, 6.45) is 2.82. The number of carbonyl (C=O) groups excluding carboxylic acids is 2. The topological polar surface area (TPSA) is 75.8 Å². The number of ketones is 1. The van der Waals surface area contributed by atoms with Crippen molar-refractivity contribution in [3.05, 3.63) is 72.1 Å². The van der Waals surface area contributed by atoms with Gasteiger partial charge in [-0.1, -0.05) is 24.3 Å². The van der Waals surface area contributed by atoms with Crippen LogP contribution >= 0.6 is 0 Å². The number of aromatic nitrogens is 1. The van der Waals surface area contributed by atoms with Gasteiger partial charge in [0.1, 0.15) is 12.2 Å². The van der Waals surface area contributed by atoms with Crippen LogP contribution in [0.2, 0.25) is 0 Å². The molecule has 8 heteroatoms. The third kappa shape index (κ3) is 4.14. The van der Waals surface area contributed by atoms with E-state index < -0.39 is 23.5 Å². The number of oxazole rings is 1. The number of anilines is 1. The molecule has 158 valence electrons. The second kappa shape index (κ2) is 7.86. The largest absolute Gasteiger partial charge is 0.445 e. The summed E-state index contributed by atoms with van der Waals surface area (Å²) in [5, 5.41) is 5.45. The number of nitrogens with zero attached hydrogens (tertiary/aromatic N) is 3. The lowest BCUT2D eigenvalue weighted by Crippen LogP contribution is -2.33. The van der Waals surface area contributed by atoms with Crippen LogP contribution in [0.4, 0.5) is 14.5 Å². The van der Waals surface area contributed by atoms with Crippen LogP contribution in [0.15, 0.2) is 70.5 Å². The van der Waals surface area contributed by atoms with Crippen LogP contribution in [-0.2, 0) is 21.9 Å². The number of benzene rings is 2. The predicted octanol–water partition coefficient (Wildman–Crippen LogP) is 4.60.